The summed E-state index contributed by atoms with van der Waals surface area (Å²) >= 11 is 0. The van der Waals surface area contributed by atoms with Gasteiger partial charge in [0.1, 0.15) is 17.5 Å². The Hall–Kier alpha value is -2.70. The van der Waals surface area contributed by atoms with Crippen LogP contribution in [0.5, 0.6) is 0 Å². The molecule has 0 radical (unpaired) electrons. The van der Waals surface area contributed by atoms with Crippen molar-refractivity contribution in [3.8, 4) is 0 Å². The quantitative estimate of drug-likeness (QED) is 0.649. The van der Waals surface area contributed by atoms with E-state index in [-0.39, 0.29) is 17.5 Å². The highest BCUT2D eigenvalue weighted by molar-refractivity contribution is 5.81. The van der Waals surface area contributed by atoms with Crippen LogP contribution in [0, 0.1) is 11.6 Å². The van der Waals surface area contributed by atoms with Crippen LogP contribution in [0.25, 0.3) is 0 Å². The lowest BCUT2D eigenvalue weighted by Crippen LogP contribution is -2.53. The van der Waals surface area contributed by atoms with Crippen molar-refractivity contribution in [2.24, 2.45) is 4.99 Å². The molecular weight excluding hydrogens is 360 g/mol. The summed E-state index contributed by atoms with van der Waals surface area (Å²) in [4.78, 5) is 13.5. The number of nitrogens with zero attached hydrogens (tertiary/aromatic N) is 4. The van der Waals surface area contributed by atoms with Crippen LogP contribution < -0.4 is 10.2 Å². The fourth-order valence-electron chi connectivity index (χ4n) is 3.78. The summed E-state index contributed by atoms with van der Waals surface area (Å²) in [6.07, 6.45) is 2.52. The predicted octanol–water partition coefficient (Wildman–Crippen LogP) is 3.00. The molecule has 2 aliphatic rings. The summed E-state index contributed by atoms with van der Waals surface area (Å²) in [5.41, 5.74) is 0.191. The van der Waals surface area contributed by atoms with Gasteiger partial charge in [-0.15, -0.1) is 0 Å². The molecular formula is C21H25F2N5. The molecule has 0 bridgehead atoms. The second-order valence-electron chi connectivity index (χ2n) is 7.19. The van der Waals surface area contributed by atoms with Crippen molar-refractivity contribution >= 4 is 11.8 Å². The van der Waals surface area contributed by atoms with Gasteiger partial charge in [0.15, 0.2) is 5.96 Å². The second kappa shape index (κ2) is 8.12. The topological polar surface area (TPSA) is 43.8 Å². The number of aliphatic imine (C=N–C) groups is 1. The number of guanidine groups is 1. The van der Waals surface area contributed by atoms with E-state index >= 15 is 0 Å². The molecule has 1 saturated carbocycles. The number of piperazine rings is 1. The van der Waals surface area contributed by atoms with Gasteiger partial charge < -0.3 is 15.1 Å². The van der Waals surface area contributed by atoms with E-state index in [1.165, 1.54) is 18.2 Å². The molecule has 2 unspecified atom stereocenters. The molecule has 2 atom stereocenters. The van der Waals surface area contributed by atoms with E-state index in [0.717, 1.165) is 38.0 Å². The molecule has 1 aliphatic heterocycles. The molecule has 1 N–H and O–H groups in total. The number of rotatable bonds is 4. The number of anilines is 1. The first-order valence-electron chi connectivity index (χ1n) is 9.83. The van der Waals surface area contributed by atoms with Gasteiger partial charge in [0, 0.05) is 56.4 Å². The summed E-state index contributed by atoms with van der Waals surface area (Å²) in [5.74, 6) is 0.742. The second-order valence-corrected chi connectivity index (χ2v) is 7.19. The van der Waals surface area contributed by atoms with Crippen LogP contribution in [0.1, 0.15) is 24.8 Å². The van der Waals surface area contributed by atoms with E-state index in [9.17, 15) is 8.78 Å². The molecule has 28 heavy (non-hydrogen) atoms. The Morgan fingerprint density at radius 1 is 1.11 bits per heavy atom. The maximum atomic E-state index is 14.0. The molecule has 1 aromatic carbocycles. The summed E-state index contributed by atoms with van der Waals surface area (Å²) < 4.78 is 28.1. The molecule has 7 heteroatoms. The first-order valence-corrected chi connectivity index (χ1v) is 9.83. The Morgan fingerprint density at radius 3 is 2.50 bits per heavy atom. The lowest BCUT2D eigenvalue weighted by Gasteiger charge is -2.37. The zero-order chi connectivity index (χ0) is 19.5. The summed E-state index contributed by atoms with van der Waals surface area (Å²) in [5, 5.41) is 3.43. The Balaban J connectivity index is 1.38. The van der Waals surface area contributed by atoms with E-state index in [2.05, 4.69) is 25.1 Å². The standard InChI is InChI=1S/C21H25F2N5/c1-2-24-21(26-18-14-15(18)20-16(22)6-5-7-17(20)23)28-12-10-27(11-13-28)19-8-3-4-9-25-19/h3-9,15,18H,2,10-14H2,1H3,(H,24,26). The number of halogens is 2. The van der Waals surface area contributed by atoms with Gasteiger partial charge in [-0.1, -0.05) is 12.1 Å². The SMILES string of the molecule is CCN=C(NC1CC1c1c(F)cccc1F)N1CCN(c2ccccn2)CC1. The molecule has 1 aliphatic carbocycles. The summed E-state index contributed by atoms with van der Waals surface area (Å²) in [6.45, 7) is 6.03. The number of benzene rings is 1. The molecule has 2 heterocycles. The molecule has 2 aromatic rings. The van der Waals surface area contributed by atoms with Gasteiger partial charge >= 0.3 is 0 Å². The van der Waals surface area contributed by atoms with E-state index in [0.29, 0.717) is 13.0 Å². The Kier molecular flexibility index (Phi) is 5.41. The minimum Gasteiger partial charge on any atom is -0.353 e. The maximum Gasteiger partial charge on any atom is 0.194 e. The number of pyridine rings is 1. The van der Waals surface area contributed by atoms with E-state index < -0.39 is 11.6 Å². The third-order valence-electron chi connectivity index (χ3n) is 5.34. The minimum absolute atomic E-state index is 0.0190. The van der Waals surface area contributed by atoms with Crippen LogP contribution in [0.4, 0.5) is 14.6 Å². The molecule has 0 spiro atoms. The van der Waals surface area contributed by atoms with Crippen LogP contribution >= 0.6 is 0 Å². The smallest absolute Gasteiger partial charge is 0.194 e. The predicted molar refractivity (Wildman–Crippen MR) is 107 cm³/mol. The van der Waals surface area contributed by atoms with Crippen LogP contribution in [-0.2, 0) is 0 Å². The van der Waals surface area contributed by atoms with Gasteiger partial charge in [0.05, 0.1) is 0 Å². The van der Waals surface area contributed by atoms with Crippen molar-refractivity contribution in [2.45, 2.75) is 25.3 Å². The molecule has 2 fully saturated rings. The van der Waals surface area contributed by atoms with Crippen LogP contribution in [-0.4, -0.2) is 54.6 Å². The average Bonchev–Trinajstić information content (AvgIpc) is 3.47. The highest BCUT2D eigenvalue weighted by atomic mass is 19.1. The largest absolute Gasteiger partial charge is 0.353 e. The fourth-order valence-corrected chi connectivity index (χ4v) is 3.78. The normalized spacial score (nSPS) is 22.3. The first-order chi connectivity index (χ1) is 13.7. The molecule has 4 rings (SSSR count). The van der Waals surface area contributed by atoms with Gasteiger partial charge in [0.2, 0.25) is 0 Å². The van der Waals surface area contributed by atoms with E-state index in [1.807, 2.05) is 31.3 Å². The summed E-state index contributed by atoms with van der Waals surface area (Å²) in [6, 6.07) is 10.0. The number of nitrogens with one attached hydrogen (secondary N) is 1. The lowest BCUT2D eigenvalue weighted by atomic mass is 10.1. The molecule has 148 valence electrons. The van der Waals surface area contributed by atoms with Crippen molar-refractivity contribution in [1.82, 2.24) is 15.2 Å². The number of hydrogen-bond donors (Lipinski definition) is 1. The maximum absolute atomic E-state index is 14.0. The monoisotopic (exact) mass is 385 g/mol. The highest BCUT2D eigenvalue weighted by Gasteiger charge is 2.43. The third-order valence-corrected chi connectivity index (χ3v) is 5.34. The van der Waals surface area contributed by atoms with Crippen molar-refractivity contribution in [3.05, 3.63) is 59.8 Å². The van der Waals surface area contributed by atoms with Crippen LogP contribution in [0.2, 0.25) is 0 Å². The van der Waals surface area contributed by atoms with Crippen LogP contribution in [0.3, 0.4) is 0 Å². The van der Waals surface area contributed by atoms with Gasteiger partial charge in [-0.05, 0) is 37.6 Å². The number of aromatic nitrogens is 1. The molecule has 1 aromatic heterocycles. The average molecular weight is 385 g/mol. The Bertz CT molecular complexity index is 814. The number of hydrogen-bond acceptors (Lipinski definition) is 3. The van der Waals surface area contributed by atoms with Crippen molar-refractivity contribution in [2.75, 3.05) is 37.6 Å². The van der Waals surface area contributed by atoms with Crippen molar-refractivity contribution in [3.63, 3.8) is 0 Å². The van der Waals surface area contributed by atoms with Gasteiger partial charge in [-0.25, -0.2) is 13.8 Å². The van der Waals surface area contributed by atoms with E-state index in [1.54, 1.807) is 0 Å². The molecule has 1 saturated heterocycles. The van der Waals surface area contributed by atoms with Gasteiger partial charge in [-0.2, -0.15) is 0 Å². The Morgan fingerprint density at radius 2 is 1.86 bits per heavy atom. The highest BCUT2D eigenvalue weighted by Crippen LogP contribution is 2.43. The lowest BCUT2D eigenvalue weighted by molar-refractivity contribution is 0.370. The molecule has 0 amide bonds. The van der Waals surface area contributed by atoms with Crippen molar-refractivity contribution < 1.29 is 8.78 Å². The fraction of sp³-hybridized carbons (Fsp3) is 0.429. The molecule has 5 nitrogen and oxygen atoms in total. The van der Waals surface area contributed by atoms with Gasteiger partial charge in [0.25, 0.3) is 0 Å². The zero-order valence-electron chi connectivity index (χ0n) is 16.0. The van der Waals surface area contributed by atoms with E-state index in [4.69, 9.17) is 0 Å². The zero-order valence-corrected chi connectivity index (χ0v) is 16.0. The van der Waals surface area contributed by atoms with Crippen LogP contribution in [0.15, 0.2) is 47.6 Å². The minimum atomic E-state index is -0.466. The van der Waals surface area contributed by atoms with Gasteiger partial charge in [-0.3, -0.25) is 4.99 Å². The Labute approximate surface area is 164 Å². The summed E-state index contributed by atoms with van der Waals surface area (Å²) in [7, 11) is 0. The van der Waals surface area contributed by atoms with Crippen molar-refractivity contribution in [1.29, 1.82) is 0 Å². The first kappa shape index (κ1) is 18.7. The third kappa shape index (κ3) is 3.93.